The summed E-state index contributed by atoms with van der Waals surface area (Å²) in [6.45, 7) is 6.89. The molecule has 0 saturated heterocycles. The standard InChI is InChI=1S/C12H25N/c1-9-4-6-12(7-5-9)10(2)8-11(3)13/h9-12H,4-8,13H2,1-3H3. The summed E-state index contributed by atoms with van der Waals surface area (Å²) in [5.41, 5.74) is 5.83. The van der Waals surface area contributed by atoms with Crippen molar-refractivity contribution in [2.45, 2.75) is 58.9 Å². The van der Waals surface area contributed by atoms with E-state index < -0.39 is 0 Å². The van der Waals surface area contributed by atoms with Crippen LogP contribution in [0.15, 0.2) is 0 Å². The Morgan fingerprint density at radius 2 is 1.69 bits per heavy atom. The predicted molar refractivity (Wildman–Crippen MR) is 58.6 cm³/mol. The summed E-state index contributed by atoms with van der Waals surface area (Å²) in [4.78, 5) is 0. The molecule has 13 heavy (non-hydrogen) atoms. The van der Waals surface area contributed by atoms with E-state index in [1.165, 1.54) is 32.1 Å². The molecular formula is C12H25N. The van der Waals surface area contributed by atoms with Gasteiger partial charge in [0, 0.05) is 6.04 Å². The van der Waals surface area contributed by atoms with E-state index in [1.54, 1.807) is 0 Å². The van der Waals surface area contributed by atoms with Gasteiger partial charge in [-0.25, -0.2) is 0 Å². The topological polar surface area (TPSA) is 26.0 Å². The van der Waals surface area contributed by atoms with Crippen molar-refractivity contribution in [1.29, 1.82) is 0 Å². The summed E-state index contributed by atoms with van der Waals surface area (Å²) in [6.07, 6.45) is 6.96. The van der Waals surface area contributed by atoms with Gasteiger partial charge in [0.15, 0.2) is 0 Å². The van der Waals surface area contributed by atoms with Crippen molar-refractivity contribution in [2.24, 2.45) is 23.5 Å². The second-order valence-corrected chi connectivity index (χ2v) is 5.21. The number of nitrogens with two attached hydrogens (primary N) is 1. The van der Waals surface area contributed by atoms with Gasteiger partial charge in [-0.2, -0.15) is 0 Å². The summed E-state index contributed by atoms with van der Waals surface area (Å²) in [5.74, 6) is 2.77. The molecule has 2 unspecified atom stereocenters. The molecule has 78 valence electrons. The van der Waals surface area contributed by atoms with Crippen LogP contribution in [0.3, 0.4) is 0 Å². The van der Waals surface area contributed by atoms with Crippen molar-refractivity contribution in [3.63, 3.8) is 0 Å². The van der Waals surface area contributed by atoms with Crippen LogP contribution in [0.25, 0.3) is 0 Å². The molecule has 1 aliphatic rings. The molecule has 0 aromatic carbocycles. The fourth-order valence-corrected chi connectivity index (χ4v) is 2.63. The molecule has 0 amide bonds. The van der Waals surface area contributed by atoms with Crippen molar-refractivity contribution in [3.05, 3.63) is 0 Å². The van der Waals surface area contributed by atoms with Gasteiger partial charge in [-0.15, -0.1) is 0 Å². The van der Waals surface area contributed by atoms with Gasteiger partial charge in [0.25, 0.3) is 0 Å². The highest BCUT2D eigenvalue weighted by atomic mass is 14.6. The van der Waals surface area contributed by atoms with E-state index in [1.807, 2.05) is 0 Å². The second-order valence-electron chi connectivity index (χ2n) is 5.21. The highest BCUT2D eigenvalue weighted by Gasteiger charge is 2.23. The molecule has 1 nitrogen and oxygen atoms in total. The molecule has 1 fully saturated rings. The van der Waals surface area contributed by atoms with E-state index in [-0.39, 0.29) is 0 Å². The Balaban J connectivity index is 2.27. The quantitative estimate of drug-likeness (QED) is 0.714. The average Bonchev–Trinajstić information content (AvgIpc) is 2.04. The Morgan fingerprint density at radius 3 is 2.15 bits per heavy atom. The largest absolute Gasteiger partial charge is 0.328 e. The Kier molecular flexibility index (Phi) is 4.24. The van der Waals surface area contributed by atoms with Crippen LogP contribution in [0.2, 0.25) is 0 Å². The second kappa shape index (κ2) is 4.99. The van der Waals surface area contributed by atoms with Crippen molar-refractivity contribution in [2.75, 3.05) is 0 Å². The lowest BCUT2D eigenvalue weighted by Crippen LogP contribution is -2.25. The van der Waals surface area contributed by atoms with E-state index in [0.717, 1.165) is 17.8 Å². The van der Waals surface area contributed by atoms with Crippen molar-refractivity contribution >= 4 is 0 Å². The fraction of sp³-hybridized carbons (Fsp3) is 1.00. The molecule has 2 atom stereocenters. The lowest BCUT2D eigenvalue weighted by Gasteiger charge is -2.31. The number of hydrogen-bond acceptors (Lipinski definition) is 1. The van der Waals surface area contributed by atoms with Crippen LogP contribution in [0.4, 0.5) is 0 Å². The van der Waals surface area contributed by atoms with Crippen LogP contribution in [0.5, 0.6) is 0 Å². The summed E-state index contributed by atoms with van der Waals surface area (Å²) in [5, 5.41) is 0. The lowest BCUT2D eigenvalue weighted by molar-refractivity contribution is 0.210. The van der Waals surface area contributed by atoms with Crippen LogP contribution in [-0.4, -0.2) is 6.04 Å². The molecule has 0 aliphatic heterocycles. The van der Waals surface area contributed by atoms with Crippen LogP contribution in [0, 0.1) is 17.8 Å². The maximum atomic E-state index is 5.83. The molecular weight excluding hydrogens is 158 g/mol. The molecule has 0 radical (unpaired) electrons. The van der Waals surface area contributed by atoms with Crippen molar-refractivity contribution in [3.8, 4) is 0 Å². The first-order valence-corrected chi connectivity index (χ1v) is 5.85. The van der Waals surface area contributed by atoms with E-state index in [9.17, 15) is 0 Å². The SMILES string of the molecule is CC(N)CC(C)C1CCC(C)CC1. The van der Waals surface area contributed by atoms with Gasteiger partial charge in [0.1, 0.15) is 0 Å². The Labute approximate surface area is 83.1 Å². The summed E-state index contributed by atoms with van der Waals surface area (Å²) < 4.78 is 0. The van der Waals surface area contributed by atoms with Gasteiger partial charge in [-0.3, -0.25) is 0 Å². The first-order valence-electron chi connectivity index (χ1n) is 5.85. The Bertz CT molecular complexity index is 134. The minimum atomic E-state index is 0.384. The predicted octanol–water partition coefficient (Wildman–Crippen LogP) is 3.19. The molecule has 0 aromatic rings. The van der Waals surface area contributed by atoms with E-state index in [0.29, 0.717) is 6.04 Å². The van der Waals surface area contributed by atoms with Gasteiger partial charge in [0.05, 0.1) is 0 Å². The van der Waals surface area contributed by atoms with Crippen LogP contribution < -0.4 is 5.73 Å². The number of rotatable bonds is 3. The molecule has 2 N–H and O–H groups in total. The van der Waals surface area contributed by atoms with Crippen LogP contribution in [0.1, 0.15) is 52.9 Å². The summed E-state index contributed by atoms with van der Waals surface area (Å²) >= 11 is 0. The average molecular weight is 183 g/mol. The molecule has 1 aliphatic carbocycles. The first kappa shape index (κ1) is 11.0. The van der Waals surface area contributed by atoms with Gasteiger partial charge in [-0.05, 0) is 43.9 Å². The van der Waals surface area contributed by atoms with Gasteiger partial charge < -0.3 is 5.73 Å². The highest BCUT2D eigenvalue weighted by molar-refractivity contribution is 4.75. The summed E-state index contributed by atoms with van der Waals surface area (Å²) in [6, 6.07) is 0.384. The Morgan fingerprint density at radius 1 is 1.15 bits per heavy atom. The molecule has 0 aromatic heterocycles. The van der Waals surface area contributed by atoms with E-state index in [2.05, 4.69) is 20.8 Å². The van der Waals surface area contributed by atoms with Gasteiger partial charge in [0.2, 0.25) is 0 Å². The zero-order valence-electron chi connectivity index (χ0n) is 9.42. The van der Waals surface area contributed by atoms with Crippen molar-refractivity contribution in [1.82, 2.24) is 0 Å². The van der Waals surface area contributed by atoms with Gasteiger partial charge in [-0.1, -0.05) is 26.7 Å². The maximum absolute atomic E-state index is 5.83. The fourth-order valence-electron chi connectivity index (χ4n) is 2.63. The normalized spacial score (nSPS) is 34.2. The van der Waals surface area contributed by atoms with Gasteiger partial charge >= 0.3 is 0 Å². The minimum absolute atomic E-state index is 0.384. The van der Waals surface area contributed by atoms with Crippen molar-refractivity contribution < 1.29 is 0 Å². The molecule has 0 heterocycles. The number of hydrogen-bond donors (Lipinski definition) is 1. The Hall–Kier alpha value is -0.0400. The summed E-state index contributed by atoms with van der Waals surface area (Å²) in [7, 11) is 0. The molecule has 1 saturated carbocycles. The van der Waals surface area contributed by atoms with E-state index in [4.69, 9.17) is 5.73 Å². The zero-order chi connectivity index (χ0) is 9.84. The van der Waals surface area contributed by atoms with Crippen LogP contribution in [-0.2, 0) is 0 Å². The monoisotopic (exact) mass is 183 g/mol. The molecule has 0 bridgehead atoms. The highest BCUT2D eigenvalue weighted by Crippen LogP contribution is 2.34. The molecule has 0 spiro atoms. The molecule has 1 heteroatoms. The van der Waals surface area contributed by atoms with Crippen LogP contribution >= 0.6 is 0 Å². The third kappa shape index (κ3) is 3.68. The lowest BCUT2D eigenvalue weighted by atomic mass is 9.75. The maximum Gasteiger partial charge on any atom is 0.00131 e. The smallest absolute Gasteiger partial charge is 0.00131 e. The third-order valence-electron chi connectivity index (χ3n) is 3.61. The molecule has 1 rings (SSSR count). The zero-order valence-corrected chi connectivity index (χ0v) is 9.42. The minimum Gasteiger partial charge on any atom is -0.328 e. The van der Waals surface area contributed by atoms with E-state index >= 15 is 0 Å². The first-order chi connectivity index (χ1) is 6.09. The third-order valence-corrected chi connectivity index (χ3v) is 3.61.